The van der Waals surface area contributed by atoms with Crippen molar-refractivity contribution in [3.63, 3.8) is 0 Å². The molecule has 88 heavy (non-hydrogen) atoms. The van der Waals surface area contributed by atoms with Crippen LogP contribution in [0, 0.1) is 7.14 Å². The van der Waals surface area contributed by atoms with Gasteiger partial charge in [-0.1, -0.05) is 13.8 Å². The van der Waals surface area contributed by atoms with E-state index in [4.69, 9.17) is 9.47 Å². The third-order valence-electron chi connectivity index (χ3n) is 13.3. The number of nitrogens with one attached hydrogen (secondary N) is 4. The van der Waals surface area contributed by atoms with E-state index in [1.165, 1.54) is 46.9 Å². The molecule has 0 spiro atoms. The van der Waals surface area contributed by atoms with Crippen molar-refractivity contribution >= 4 is 165 Å². The number of hydrogen-bond donors (Lipinski definition) is 4. The van der Waals surface area contributed by atoms with Crippen LogP contribution in [0.3, 0.4) is 0 Å². The average molecular weight is 1630 g/mol. The van der Waals surface area contributed by atoms with E-state index in [-0.39, 0.29) is 47.0 Å². The van der Waals surface area contributed by atoms with Gasteiger partial charge in [-0.2, -0.15) is 0 Å². The second kappa shape index (κ2) is 26.9. The molecular formula is C61H64F6I2N4O10S4Sn. The molecule has 0 saturated carbocycles. The summed E-state index contributed by atoms with van der Waals surface area (Å²) in [5, 5.41) is 7.44. The van der Waals surface area contributed by atoms with E-state index in [0.29, 0.717) is 47.2 Å². The van der Waals surface area contributed by atoms with Crippen LogP contribution in [0.5, 0.6) is 23.0 Å². The number of carbonyl (C=O) groups excluding carboxylic acids is 2. The van der Waals surface area contributed by atoms with Gasteiger partial charge in [0.15, 0.2) is 0 Å². The summed E-state index contributed by atoms with van der Waals surface area (Å²) < 4.78 is 155. The Morgan fingerprint density at radius 3 is 1.44 bits per heavy atom. The van der Waals surface area contributed by atoms with Gasteiger partial charge < -0.3 is 14.8 Å². The molecule has 14 nitrogen and oxygen atoms in total. The van der Waals surface area contributed by atoms with Gasteiger partial charge in [0.05, 0.1) is 18.6 Å². The van der Waals surface area contributed by atoms with Crippen LogP contribution in [-0.4, -0.2) is 84.5 Å². The molecule has 4 N–H and O–H groups in total. The Hall–Kier alpha value is -5.28. The third-order valence-corrected chi connectivity index (χ3v) is 24.6. The van der Waals surface area contributed by atoms with Crippen molar-refractivity contribution in [2.45, 2.75) is 106 Å². The molecule has 0 atom stereocenters. The first kappa shape index (κ1) is 70.2. The number of fused-ring (bicyclic) bond motifs is 2. The van der Waals surface area contributed by atoms with E-state index in [1.54, 1.807) is 94.4 Å². The maximum absolute atomic E-state index is 13.5. The summed E-state index contributed by atoms with van der Waals surface area (Å²) in [6.45, 7) is 14.7. The van der Waals surface area contributed by atoms with Gasteiger partial charge in [-0.05, 0) is 119 Å². The van der Waals surface area contributed by atoms with Gasteiger partial charge in [-0.3, -0.25) is 9.52 Å². The summed E-state index contributed by atoms with van der Waals surface area (Å²) >= 11 is 4.00. The molecule has 6 aromatic carbocycles. The van der Waals surface area contributed by atoms with Gasteiger partial charge in [0.2, 0.25) is 10.0 Å². The second-order valence-corrected chi connectivity index (χ2v) is 45.8. The molecule has 0 aliphatic heterocycles. The molecule has 0 saturated heterocycles. The maximum atomic E-state index is 13.5. The number of alkyl halides is 6. The third kappa shape index (κ3) is 19.4. The fourth-order valence-electron chi connectivity index (χ4n) is 9.08. The first-order valence-corrected chi connectivity index (χ1v) is 44.4. The number of hydrogen-bond acceptors (Lipinski definition) is 12. The monoisotopic (exact) mass is 1630 g/mol. The summed E-state index contributed by atoms with van der Waals surface area (Å²) in [4.78, 5) is 34.5. The Morgan fingerprint density at radius 1 is 0.523 bits per heavy atom. The van der Waals surface area contributed by atoms with Crippen LogP contribution in [0.2, 0.25) is 14.8 Å². The molecule has 0 aliphatic rings. The molecule has 472 valence electrons. The van der Waals surface area contributed by atoms with Gasteiger partial charge in [0.25, 0.3) is 5.91 Å². The molecule has 8 rings (SSSR count). The van der Waals surface area contributed by atoms with Crippen LogP contribution >= 0.6 is 67.9 Å². The Morgan fingerprint density at radius 2 is 0.966 bits per heavy atom. The fraction of sp³-hybridized carbons (Fsp3) is 0.311. The number of benzene rings is 6. The molecule has 0 radical (unpaired) electrons. The minimum absolute atomic E-state index is 0.244. The van der Waals surface area contributed by atoms with Crippen LogP contribution in [0.4, 0.5) is 49.1 Å². The van der Waals surface area contributed by atoms with E-state index < -0.39 is 62.0 Å². The molecule has 0 bridgehead atoms. The van der Waals surface area contributed by atoms with E-state index in [2.05, 4.69) is 95.6 Å². The number of carbonyl (C=O) groups is 2. The fourth-order valence-corrected chi connectivity index (χ4v) is 17.3. The van der Waals surface area contributed by atoms with Gasteiger partial charge in [-0.15, -0.1) is 24.5 Å². The number of sulfonamides is 2. The van der Waals surface area contributed by atoms with Crippen LogP contribution in [0.15, 0.2) is 115 Å². The first-order valence-electron chi connectivity index (χ1n) is 26.9. The number of ether oxygens (including phenoxy) is 4. The molecule has 2 aromatic heterocycles. The predicted octanol–water partition coefficient (Wildman–Crippen LogP) is 16.8. The van der Waals surface area contributed by atoms with Crippen LogP contribution < -0.4 is 42.6 Å². The summed E-state index contributed by atoms with van der Waals surface area (Å²) in [5.74, 6) is -0.929. The molecular weight excluding hydrogens is 1560 g/mol. The quantitative estimate of drug-likeness (QED) is 0.0345. The Balaban J connectivity index is 0.000000251. The molecule has 0 unspecified atom stereocenters. The molecule has 2 amide bonds. The van der Waals surface area contributed by atoms with Gasteiger partial charge >= 0.3 is 263 Å². The number of anilines is 4. The van der Waals surface area contributed by atoms with Crippen LogP contribution in [-0.2, 0) is 30.9 Å². The van der Waals surface area contributed by atoms with Gasteiger partial charge in [0, 0.05) is 40.1 Å². The van der Waals surface area contributed by atoms with E-state index >= 15 is 0 Å². The summed E-state index contributed by atoms with van der Waals surface area (Å²) in [7, 11) is -6.91. The summed E-state index contributed by atoms with van der Waals surface area (Å²) in [6.07, 6.45) is -8.13. The molecule has 0 fully saturated rings. The average Bonchev–Trinajstić information content (AvgIpc) is 1.30. The zero-order chi connectivity index (χ0) is 65.4. The summed E-state index contributed by atoms with van der Waals surface area (Å²) in [5.41, 5.74) is 2.92. The molecule has 8 aromatic rings. The first-order chi connectivity index (χ1) is 40.4. The number of halogens is 8. The Labute approximate surface area is 547 Å². The van der Waals surface area contributed by atoms with Gasteiger partial charge in [-0.25, -0.2) is 16.8 Å². The number of thiophene rings is 2. The van der Waals surface area contributed by atoms with Crippen molar-refractivity contribution < 1.29 is 71.7 Å². The molecule has 27 heteroatoms. The second-order valence-electron chi connectivity index (χ2n) is 23.3. The number of amides is 2. The Bertz CT molecular complexity index is 4190. The van der Waals surface area contributed by atoms with E-state index in [0.717, 1.165) is 51.0 Å². The van der Waals surface area contributed by atoms with Crippen LogP contribution in [0.1, 0.15) is 97.0 Å². The number of rotatable bonds is 19. The SMILES string of the molecule is CC(C)Oc1cc(OC(F)(F)F)cc(C(C)(C)c2cc(I)cc(NC(=O)c3sc4ccc(NS(C)(=O)=O)cc4c3I)c2)c1.CC(C)Oc1cc(OC(F)(F)F)cc(C(C)(C)c2cc(NC(=O)c3cc4cc(NS(C)(=O)=O)ccc4s3)c[c]([Sn]([CH3])([CH3])[CH3])c2)c1. The van der Waals surface area contributed by atoms with Crippen molar-refractivity contribution in [1.82, 2.24) is 0 Å². The van der Waals surface area contributed by atoms with Crippen molar-refractivity contribution in [1.29, 1.82) is 0 Å². The standard InChI is InChI=1S/C29H27F3I2N2O5S2.C29H28F3N2O5S2.3CH3.Sn/c1-15(2)40-21-10-17(11-22(14-21)41-29(30,31)32)28(3,4)16-8-18(33)12-20(9-16)35-27(37)26-25(34)23-13-19(36-43(5,38)39)6-7-24(23)42-26;1-17(2)38-23-14-20(15-24(16-23)39-29(30,31)32)28(3,4)19-7-6-8-21(13-19)33-27(35)26-12-18-11-22(34-41(5,36)37)9-10-25(18)40-26;;;;/h6-15,36H,1-5H3,(H,35,37);7-17,34H,1-5H3,(H,33,35);3*1H3;. The zero-order valence-corrected chi connectivity index (χ0v) is 60.3. The van der Waals surface area contributed by atoms with E-state index in [9.17, 15) is 52.8 Å². The molecule has 2 heterocycles. The van der Waals surface area contributed by atoms with E-state index in [1.807, 2.05) is 45.9 Å². The van der Waals surface area contributed by atoms with Crippen molar-refractivity contribution in [3.8, 4) is 23.0 Å². The summed E-state index contributed by atoms with van der Waals surface area (Å²) in [6, 6.07) is 31.8. The predicted molar refractivity (Wildman–Crippen MR) is 360 cm³/mol. The topological polar surface area (TPSA) is 187 Å². The molecule has 0 aliphatic carbocycles. The van der Waals surface area contributed by atoms with Crippen molar-refractivity contribution in [2.75, 3.05) is 32.6 Å². The van der Waals surface area contributed by atoms with Crippen molar-refractivity contribution in [3.05, 3.63) is 154 Å². The van der Waals surface area contributed by atoms with Crippen LogP contribution in [0.25, 0.3) is 20.2 Å². The Kier molecular flexibility index (Phi) is 21.4. The minimum atomic E-state index is -4.87. The normalized spacial score (nSPS) is 12.6. The van der Waals surface area contributed by atoms with Gasteiger partial charge in [0.1, 0.15) is 16.4 Å². The zero-order valence-electron chi connectivity index (χ0n) is 49.9. The van der Waals surface area contributed by atoms with Crippen molar-refractivity contribution in [2.24, 2.45) is 0 Å².